The maximum Gasteiger partial charge on any atom is 0.307 e. The van der Waals surface area contributed by atoms with Gasteiger partial charge in [0.15, 0.2) is 10.1 Å². The summed E-state index contributed by atoms with van der Waals surface area (Å²) in [4.78, 5) is 35.9. The Kier molecular flexibility index (Phi) is 26.8. The highest BCUT2D eigenvalue weighted by Crippen LogP contribution is 2.34. The number of primary sulfonamides is 1. The number of sulfonamides is 2. The zero-order chi connectivity index (χ0) is 68.1. The van der Waals surface area contributed by atoms with E-state index in [0.717, 1.165) is 106 Å². The van der Waals surface area contributed by atoms with Crippen LogP contribution in [0.1, 0.15) is 123 Å². The summed E-state index contributed by atoms with van der Waals surface area (Å²) in [5.41, 5.74) is 10.4. The average Bonchev–Trinajstić information content (AvgIpc) is 1.64. The molecule has 0 radical (unpaired) electrons. The van der Waals surface area contributed by atoms with Crippen molar-refractivity contribution in [3.05, 3.63) is 178 Å². The summed E-state index contributed by atoms with van der Waals surface area (Å²) in [7, 11) is 3.02. The van der Waals surface area contributed by atoms with Gasteiger partial charge in [0.25, 0.3) is 20.0 Å². The third kappa shape index (κ3) is 21.2. The topological polar surface area (TPSA) is 277 Å². The normalized spacial score (nSPS) is 11.8. The lowest BCUT2D eigenvalue weighted by atomic mass is 9.89. The van der Waals surface area contributed by atoms with Crippen molar-refractivity contribution in [2.24, 2.45) is 5.14 Å². The van der Waals surface area contributed by atoms with Gasteiger partial charge in [-0.25, -0.2) is 31.9 Å². The predicted molar refractivity (Wildman–Crippen MR) is 362 cm³/mol. The molecule has 8 aromatic rings. The minimum absolute atomic E-state index is 0.0103. The van der Waals surface area contributed by atoms with E-state index in [1.807, 2.05) is 147 Å². The van der Waals surface area contributed by atoms with Gasteiger partial charge in [0.05, 0.1) is 51.7 Å². The number of rotatable bonds is 35. The van der Waals surface area contributed by atoms with Crippen LogP contribution in [0.4, 0.5) is 0 Å². The molecule has 0 atom stereocenters. The summed E-state index contributed by atoms with van der Waals surface area (Å²) in [5, 5.41) is 33.1. The van der Waals surface area contributed by atoms with E-state index in [9.17, 15) is 36.6 Å². The minimum atomic E-state index is -4.01. The Bertz CT molecular complexity index is 3950. The molecule has 4 N–H and O–H groups in total. The molecule has 0 aliphatic heterocycles. The number of hydrogen-bond acceptors (Lipinski definition) is 16. The number of aromatic nitrogens is 6. The molecule has 0 amide bonds. The van der Waals surface area contributed by atoms with Gasteiger partial charge in [-0.1, -0.05) is 88.4 Å². The van der Waals surface area contributed by atoms with Crippen molar-refractivity contribution in [1.82, 2.24) is 43.6 Å². The van der Waals surface area contributed by atoms with Gasteiger partial charge in [-0.05, 0) is 171 Å². The molecule has 22 nitrogen and oxygen atoms in total. The number of methoxy groups -OCH3 is 2. The highest BCUT2D eigenvalue weighted by atomic mass is 32.2. The van der Waals surface area contributed by atoms with Gasteiger partial charge in [0.2, 0.25) is 11.8 Å². The van der Waals surface area contributed by atoms with Crippen molar-refractivity contribution in [1.29, 1.82) is 0 Å². The zero-order valence-corrected chi connectivity index (χ0v) is 57.2. The zero-order valence-electron chi connectivity index (χ0n) is 55.6. The second-order valence-corrected chi connectivity index (χ2v) is 27.6. The Morgan fingerprint density at radius 3 is 1.31 bits per heavy atom. The number of aryl methyl sites for hydroxylation is 2. The quantitative estimate of drug-likeness (QED) is 0.0311. The second-order valence-electron chi connectivity index (χ2n) is 24.2. The Labute approximate surface area is 553 Å². The molecule has 4 heterocycles. The van der Waals surface area contributed by atoms with Gasteiger partial charge in [-0.3, -0.25) is 19.0 Å². The van der Waals surface area contributed by atoms with Crippen LogP contribution in [0.5, 0.6) is 23.3 Å². The Balaban J connectivity index is 0.000000287. The number of aliphatic carboxylic acids is 2. The van der Waals surface area contributed by atoms with Crippen molar-refractivity contribution in [3.8, 4) is 45.5 Å². The van der Waals surface area contributed by atoms with Crippen LogP contribution in [0.2, 0.25) is 0 Å². The largest absolute Gasteiger partial charge is 0.497 e. The minimum Gasteiger partial charge on any atom is -0.497 e. The van der Waals surface area contributed by atoms with Crippen LogP contribution in [0, 0.1) is 0 Å². The Morgan fingerprint density at radius 1 is 0.532 bits per heavy atom. The molecule has 0 aliphatic carbocycles. The fraction of sp³-hybridized carbons (Fsp3) is 0.400. The molecule has 0 aliphatic rings. The summed E-state index contributed by atoms with van der Waals surface area (Å²) >= 11 is 0. The first-order valence-corrected chi connectivity index (χ1v) is 34.4. The van der Waals surface area contributed by atoms with E-state index in [-0.39, 0.29) is 47.8 Å². The third-order valence-corrected chi connectivity index (χ3v) is 18.0. The lowest BCUT2D eigenvalue weighted by Gasteiger charge is -2.21. The monoisotopic (exact) mass is 1330 g/mol. The van der Waals surface area contributed by atoms with Crippen molar-refractivity contribution >= 4 is 32.0 Å². The standard InChI is InChI=1S/C43H53N5O7S.C27H37N5O5S/c1-31(2)38-11-10-12-39(40(38)27-43(49)50)34-21-22-44-41(25-34)55-24-9-7-8-23-48-35(30-46(3)4)26-42(45-48)56(51,52)47(28-32-13-17-36(53-5)18-14-32)29-33-15-19-37(54-6)20-16-33;1-19(2)22-9-8-10-23(24(22)17-27(33)34)20-11-12-29-25(15-20)37-14-7-5-6-13-32-21(18-31(3)4)16-26(30-32)38(28,35)36/h10-22,25-26,31H,7-9,23-24,27-30H2,1-6H3,(H,49,50);8-12,15-16,19H,5-7,13-14,17-18H2,1-4H3,(H,33,34)(H2,28,35,36). The molecule has 4 aromatic carbocycles. The van der Waals surface area contributed by atoms with E-state index in [0.29, 0.717) is 62.7 Å². The Morgan fingerprint density at radius 2 is 0.936 bits per heavy atom. The molecular formula is C70H90N10O12S2. The van der Waals surface area contributed by atoms with E-state index in [1.165, 1.54) is 10.4 Å². The van der Waals surface area contributed by atoms with Gasteiger partial charge in [-0.15, -0.1) is 0 Å². The average molecular weight is 1330 g/mol. The summed E-state index contributed by atoms with van der Waals surface area (Å²) in [5.74, 6) is 0.993. The second kappa shape index (κ2) is 34.6. The summed E-state index contributed by atoms with van der Waals surface area (Å²) < 4.78 is 79.6. The number of benzene rings is 4. The maximum absolute atomic E-state index is 14.4. The lowest BCUT2D eigenvalue weighted by Crippen LogP contribution is -2.30. The molecule has 0 saturated carbocycles. The first-order valence-electron chi connectivity index (χ1n) is 31.4. The summed E-state index contributed by atoms with van der Waals surface area (Å²) in [6.45, 7) is 11.7. The highest BCUT2D eigenvalue weighted by molar-refractivity contribution is 7.89. The van der Waals surface area contributed by atoms with Gasteiger partial charge >= 0.3 is 11.9 Å². The van der Waals surface area contributed by atoms with Crippen LogP contribution in [0.3, 0.4) is 0 Å². The number of unbranched alkanes of at least 4 members (excludes halogenated alkanes) is 4. The highest BCUT2D eigenvalue weighted by Gasteiger charge is 2.30. The first-order chi connectivity index (χ1) is 44.8. The van der Waals surface area contributed by atoms with Gasteiger partial charge in [-0.2, -0.15) is 14.5 Å². The van der Waals surface area contributed by atoms with E-state index in [1.54, 1.807) is 42.0 Å². The molecule has 24 heteroatoms. The molecule has 94 heavy (non-hydrogen) atoms. The molecule has 8 rings (SSSR count). The number of carbonyl (C=O) groups is 2. The molecule has 504 valence electrons. The summed E-state index contributed by atoms with van der Waals surface area (Å²) in [6.07, 6.45) is 8.02. The predicted octanol–water partition coefficient (Wildman–Crippen LogP) is 11.1. The number of hydrogen-bond donors (Lipinski definition) is 3. The SMILES string of the molecule is CC(C)c1cccc(-c2ccnc(OCCCCCn3nc(S(N)(=O)=O)cc3CN(C)C)c2)c1CC(=O)O.COc1ccc(CN(Cc2ccc(OC)cc2)S(=O)(=O)c2cc(CN(C)C)n(CCCCCOc3cc(-c4cccc(C(C)C)c4CC(=O)O)ccn3)n2)cc1. The molecule has 0 spiro atoms. The van der Waals surface area contributed by atoms with Gasteiger partial charge in [0, 0.05) is 75.9 Å². The summed E-state index contributed by atoms with van der Waals surface area (Å²) in [6, 6.07) is 37.2. The van der Waals surface area contributed by atoms with Crippen LogP contribution < -0.4 is 24.1 Å². The Hall–Kier alpha value is -8.52. The van der Waals surface area contributed by atoms with Gasteiger partial charge < -0.3 is 39.0 Å². The molecule has 0 unspecified atom stereocenters. The lowest BCUT2D eigenvalue weighted by molar-refractivity contribution is -0.137. The molecule has 0 bridgehead atoms. The molecule has 0 fully saturated rings. The number of carboxylic acids is 2. The van der Waals surface area contributed by atoms with E-state index in [4.69, 9.17) is 24.1 Å². The fourth-order valence-electron chi connectivity index (χ4n) is 10.9. The van der Waals surface area contributed by atoms with Crippen LogP contribution in [-0.4, -0.2) is 138 Å². The van der Waals surface area contributed by atoms with E-state index >= 15 is 0 Å². The number of pyridine rings is 2. The van der Waals surface area contributed by atoms with Crippen LogP contribution in [-0.2, 0) is 81.7 Å². The first kappa shape index (κ1) is 72.9. The number of carboxylic acid groups (broad SMARTS) is 2. The van der Waals surface area contributed by atoms with E-state index in [2.05, 4.69) is 47.9 Å². The van der Waals surface area contributed by atoms with E-state index < -0.39 is 32.0 Å². The molecule has 4 aromatic heterocycles. The molecule has 0 saturated heterocycles. The fourth-order valence-corrected chi connectivity index (χ4v) is 12.8. The smallest absolute Gasteiger partial charge is 0.307 e. The molecular weight excluding hydrogens is 1240 g/mol. The number of ether oxygens (including phenoxy) is 4. The van der Waals surface area contributed by atoms with Crippen molar-refractivity contribution in [2.45, 2.75) is 140 Å². The van der Waals surface area contributed by atoms with Crippen molar-refractivity contribution in [2.75, 3.05) is 55.6 Å². The van der Waals surface area contributed by atoms with Crippen LogP contribution in [0.25, 0.3) is 22.3 Å². The van der Waals surface area contributed by atoms with Crippen LogP contribution >= 0.6 is 0 Å². The maximum atomic E-state index is 14.4. The van der Waals surface area contributed by atoms with Crippen LogP contribution in [0.15, 0.2) is 144 Å². The van der Waals surface area contributed by atoms with Crippen molar-refractivity contribution in [3.63, 3.8) is 0 Å². The van der Waals surface area contributed by atoms with Crippen molar-refractivity contribution < 1.29 is 55.6 Å². The number of nitrogens with two attached hydrogens (primary N) is 1. The third-order valence-electron chi connectivity index (χ3n) is 15.5. The number of nitrogens with zero attached hydrogens (tertiary/aromatic N) is 9. The van der Waals surface area contributed by atoms with Gasteiger partial charge in [0.1, 0.15) is 11.5 Å².